The van der Waals surface area contributed by atoms with E-state index < -0.39 is 12.2 Å². The third kappa shape index (κ3) is 5.02. The molecule has 5 rings (SSSR count). The number of aliphatic hydroxyl groups excluding tert-OH is 2. The summed E-state index contributed by atoms with van der Waals surface area (Å²) in [6.45, 7) is 0. The number of para-hydroxylation sites is 1. The van der Waals surface area contributed by atoms with Crippen LogP contribution in [-0.2, 0) is 9.59 Å². The number of methoxy groups -OCH3 is 1. The van der Waals surface area contributed by atoms with Crippen LogP contribution < -0.4 is 15.4 Å². The smallest absolute Gasteiger partial charge is 0.234 e. The van der Waals surface area contributed by atoms with Gasteiger partial charge in [0.2, 0.25) is 17.7 Å². The van der Waals surface area contributed by atoms with Gasteiger partial charge in [-0.1, -0.05) is 12.1 Å². The van der Waals surface area contributed by atoms with Crippen LogP contribution >= 0.6 is 11.8 Å². The molecule has 10 heteroatoms. The highest BCUT2D eigenvalue weighted by atomic mass is 32.2. The first-order chi connectivity index (χ1) is 17.4. The Hall–Kier alpha value is -3.21. The first kappa shape index (κ1) is 24.5. The van der Waals surface area contributed by atoms with Crippen molar-refractivity contribution in [3.05, 3.63) is 48.2 Å². The predicted octanol–water partition coefficient (Wildman–Crippen LogP) is 3.52. The van der Waals surface area contributed by atoms with E-state index in [4.69, 9.17) is 4.74 Å². The Kier molecular flexibility index (Phi) is 7.08. The van der Waals surface area contributed by atoms with Gasteiger partial charge in [0, 0.05) is 22.1 Å². The molecule has 1 aromatic heterocycles. The van der Waals surface area contributed by atoms with E-state index in [0.717, 1.165) is 4.90 Å². The van der Waals surface area contributed by atoms with Crippen molar-refractivity contribution < 1.29 is 24.5 Å². The molecule has 1 aliphatic carbocycles. The number of amides is 2. The summed E-state index contributed by atoms with van der Waals surface area (Å²) in [6, 6.07) is 10.8. The summed E-state index contributed by atoms with van der Waals surface area (Å²) in [6.07, 6.45) is 1.85. The van der Waals surface area contributed by atoms with Crippen LogP contribution in [0.25, 0.3) is 11.0 Å². The van der Waals surface area contributed by atoms with E-state index in [1.807, 2.05) is 12.1 Å². The molecule has 2 heterocycles. The van der Waals surface area contributed by atoms with E-state index in [1.54, 1.807) is 24.3 Å². The second-order valence-electron chi connectivity index (χ2n) is 9.21. The molecule has 2 aliphatic rings. The average molecular weight is 509 g/mol. The van der Waals surface area contributed by atoms with E-state index >= 15 is 0 Å². The number of nitrogens with zero attached hydrogens (tertiary/aromatic N) is 2. The zero-order valence-corrected chi connectivity index (χ0v) is 20.6. The number of aromatic nitrogens is 2. The Labute approximate surface area is 212 Å². The van der Waals surface area contributed by atoms with Crippen LogP contribution in [0.15, 0.2) is 47.5 Å². The minimum absolute atomic E-state index is 0.0512. The summed E-state index contributed by atoms with van der Waals surface area (Å²) in [7, 11) is 1.50. The number of anilines is 2. The lowest BCUT2D eigenvalue weighted by atomic mass is 9.77. The van der Waals surface area contributed by atoms with Crippen molar-refractivity contribution in [2.45, 2.75) is 42.8 Å². The lowest BCUT2D eigenvalue weighted by Gasteiger charge is -2.33. The molecule has 0 bridgehead atoms. The summed E-state index contributed by atoms with van der Waals surface area (Å²) in [5.41, 5.74) is 2.97. The number of hydrogen-bond acceptors (Lipinski definition) is 8. The molecule has 2 aromatic carbocycles. The lowest BCUT2D eigenvalue weighted by Crippen LogP contribution is -2.34. The second kappa shape index (κ2) is 10.4. The summed E-state index contributed by atoms with van der Waals surface area (Å²) in [5.74, 6) is 0.277. The van der Waals surface area contributed by atoms with Gasteiger partial charge in [0.15, 0.2) is 0 Å². The van der Waals surface area contributed by atoms with Gasteiger partial charge in [-0.15, -0.1) is 11.8 Å². The Balaban J connectivity index is 1.21. The van der Waals surface area contributed by atoms with Crippen LogP contribution in [0.5, 0.6) is 5.88 Å². The van der Waals surface area contributed by atoms with E-state index in [9.17, 15) is 19.8 Å². The summed E-state index contributed by atoms with van der Waals surface area (Å²) >= 11 is 1.48. The number of carbonyl (C=O) groups is 2. The quantitative estimate of drug-likeness (QED) is 0.397. The number of fused-ring (bicyclic) bond motifs is 2. The maximum absolute atomic E-state index is 12.9. The van der Waals surface area contributed by atoms with E-state index in [2.05, 4.69) is 20.6 Å². The lowest BCUT2D eigenvalue weighted by molar-refractivity contribution is -0.121. The molecule has 9 nitrogen and oxygen atoms in total. The topological polar surface area (TPSA) is 134 Å². The van der Waals surface area contributed by atoms with Crippen molar-refractivity contribution in [2.75, 3.05) is 23.5 Å². The molecule has 36 heavy (non-hydrogen) atoms. The standard InChI is InChI=1S/C26H28N4O5S/c1-35-22-12-27-18-4-2-3-17(23(18)30-22)25(33)24(32)14-5-7-15(8-6-14)26(34)28-16-9-10-20-19(11-16)29-21(31)13-36-20/h2-4,9-12,14-15,24-25,32-33H,5-8,13H2,1H3,(H,28,34)(H,29,31)/t14-,15-,24-,25-/m1/s1. The monoisotopic (exact) mass is 508 g/mol. The summed E-state index contributed by atoms with van der Waals surface area (Å²) in [5, 5.41) is 27.8. The Morgan fingerprint density at radius 2 is 2.00 bits per heavy atom. The fourth-order valence-corrected chi connectivity index (χ4v) is 5.73. The summed E-state index contributed by atoms with van der Waals surface area (Å²) in [4.78, 5) is 34.3. The van der Waals surface area contributed by atoms with Crippen LogP contribution in [0.3, 0.4) is 0 Å². The van der Waals surface area contributed by atoms with Crippen LogP contribution in [-0.4, -0.2) is 51.0 Å². The van der Waals surface area contributed by atoms with Gasteiger partial charge in [-0.05, 0) is 55.9 Å². The number of aliphatic hydroxyl groups is 2. The molecule has 4 N–H and O–H groups in total. The van der Waals surface area contributed by atoms with Gasteiger partial charge in [0.25, 0.3) is 0 Å². The molecular weight excluding hydrogens is 480 g/mol. The van der Waals surface area contributed by atoms with Gasteiger partial charge < -0.3 is 25.6 Å². The van der Waals surface area contributed by atoms with Gasteiger partial charge in [0.05, 0.1) is 41.9 Å². The number of benzene rings is 2. The Morgan fingerprint density at radius 1 is 1.19 bits per heavy atom. The Morgan fingerprint density at radius 3 is 2.78 bits per heavy atom. The fraction of sp³-hybridized carbons (Fsp3) is 0.385. The molecule has 188 valence electrons. The van der Waals surface area contributed by atoms with Crippen molar-refractivity contribution in [3.8, 4) is 5.88 Å². The van der Waals surface area contributed by atoms with Crippen molar-refractivity contribution in [3.63, 3.8) is 0 Å². The fourth-order valence-electron chi connectivity index (χ4n) is 4.95. The average Bonchev–Trinajstić information content (AvgIpc) is 2.91. The van der Waals surface area contributed by atoms with E-state index in [-0.39, 0.29) is 23.7 Å². The van der Waals surface area contributed by atoms with Crippen LogP contribution in [0.1, 0.15) is 37.4 Å². The van der Waals surface area contributed by atoms with Crippen molar-refractivity contribution in [1.29, 1.82) is 0 Å². The minimum atomic E-state index is -1.13. The molecule has 2 atom stereocenters. The Bertz CT molecular complexity index is 1290. The molecule has 2 amide bonds. The SMILES string of the molecule is COc1cnc2cccc([C@@H](O)[C@H](O)[C@H]3CC[C@H](C(=O)Nc4ccc5c(c4)NC(=O)CS5)CC3)c2n1. The molecule has 1 fully saturated rings. The molecular formula is C26H28N4O5S. The first-order valence-corrected chi connectivity index (χ1v) is 12.9. The minimum Gasteiger partial charge on any atom is -0.480 e. The van der Waals surface area contributed by atoms with Gasteiger partial charge >= 0.3 is 0 Å². The van der Waals surface area contributed by atoms with Crippen LogP contribution in [0.4, 0.5) is 11.4 Å². The maximum atomic E-state index is 12.9. The number of hydrogen-bond donors (Lipinski definition) is 4. The maximum Gasteiger partial charge on any atom is 0.234 e. The third-order valence-corrected chi connectivity index (χ3v) is 8.01. The van der Waals surface area contributed by atoms with Crippen molar-refractivity contribution in [1.82, 2.24) is 9.97 Å². The number of nitrogens with one attached hydrogen (secondary N) is 2. The highest BCUT2D eigenvalue weighted by Gasteiger charge is 2.34. The molecule has 1 saturated carbocycles. The highest BCUT2D eigenvalue weighted by Crippen LogP contribution is 2.38. The van der Waals surface area contributed by atoms with Gasteiger partial charge in [-0.3, -0.25) is 9.59 Å². The van der Waals surface area contributed by atoms with Crippen LogP contribution in [0, 0.1) is 11.8 Å². The number of carbonyl (C=O) groups excluding carboxylic acids is 2. The predicted molar refractivity (Wildman–Crippen MR) is 137 cm³/mol. The molecule has 0 saturated heterocycles. The zero-order chi connectivity index (χ0) is 25.2. The molecule has 3 aromatic rings. The van der Waals surface area contributed by atoms with Crippen molar-refractivity contribution >= 4 is 46.0 Å². The van der Waals surface area contributed by atoms with Crippen LogP contribution in [0.2, 0.25) is 0 Å². The number of thioether (sulfide) groups is 1. The summed E-state index contributed by atoms with van der Waals surface area (Å²) < 4.78 is 5.17. The number of rotatable bonds is 6. The third-order valence-electron chi connectivity index (χ3n) is 6.94. The van der Waals surface area contributed by atoms with Crippen molar-refractivity contribution in [2.24, 2.45) is 11.8 Å². The molecule has 0 spiro atoms. The molecule has 1 aliphatic heterocycles. The normalized spacial score (nSPS) is 21.2. The van der Waals surface area contributed by atoms with Gasteiger partial charge in [-0.2, -0.15) is 0 Å². The number of ether oxygens (including phenoxy) is 1. The molecule has 0 unspecified atom stereocenters. The zero-order valence-electron chi connectivity index (χ0n) is 19.8. The van der Waals surface area contributed by atoms with Gasteiger partial charge in [-0.25, -0.2) is 9.97 Å². The largest absolute Gasteiger partial charge is 0.480 e. The first-order valence-electron chi connectivity index (χ1n) is 12.0. The highest BCUT2D eigenvalue weighted by molar-refractivity contribution is 8.00. The second-order valence-corrected chi connectivity index (χ2v) is 10.2. The van der Waals surface area contributed by atoms with E-state index in [1.165, 1.54) is 25.1 Å². The molecule has 0 radical (unpaired) electrons. The van der Waals surface area contributed by atoms with Gasteiger partial charge in [0.1, 0.15) is 6.10 Å². The van der Waals surface area contributed by atoms with E-state index in [0.29, 0.717) is 65.3 Å².